The molecule has 2 unspecified atom stereocenters. The Hall–Kier alpha value is 0.430. The molecule has 1 aromatic carbocycles. The van der Waals surface area contributed by atoms with Crippen LogP contribution in [-0.4, -0.2) is 15.3 Å². The number of hydrogen-bond donors (Lipinski definition) is 1. The fourth-order valence-corrected chi connectivity index (χ4v) is 1.87. The van der Waals surface area contributed by atoms with Crippen molar-refractivity contribution in [2.75, 3.05) is 5.33 Å². The van der Waals surface area contributed by atoms with Crippen LogP contribution in [0.25, 0.3) is 0 Å². The minimum absolute atomic E-state index is 0.285. The van der Waals surface area contributed by atoms with Crippen LogP contribution in [0.1, 0.15) is 18.1 Å². The Morgan fingerprint density at radius 2 is 1.86 bits per heavy atom. The summed E-state index contributed by atoms with van der Waals surface area (Å²) in [5.41, 5.74) is 0.903. The summed E-state index contributed by atoms with van der Waals surface area (Å²) in [6.45, 7) is 0. The molecule has 0 aromatic heterocycles. The molecule has 1 nitrogen and oxygen atoms in total. The molecule has 1 rings (SSSR count). The third-order valence-corrected chi connectivity index (χ3v) is 4.50. The van der Waals surface area contributed by atoms with Gasteiger partial charge in [-0.05, 0) is 24.1 Å². The summed E-state index contributed by atoms with van der Waals surface area (Å²) >= 11 is 12.6. The van der Waals surface area contributed by atoms with Crippen molar-refractivity contribution in [3.63, 3.8) is 0 Å². The summed E-state index contributed by atoms with van der Waals surface area (Å²) in [5, 5.41) is 11.3. The van der Waals surface area contributed by atoms with Gasteiger partial charge >= 0.3 is 0 Å². The second-order valence-corrected chi connectivity index (χ2v) is 5.43. The molecule has 0 aliphatic carbocycles. The Balaban J connectivity index is 2.60. The smallest absolute Gasteiger partial charge is 0.0801 e. The van der Waals surface area contributed by atoms with Crippen LogP contribution in [0.2, 0.25) is 5.02 Å². The van der Waals surface area contributed by atoms with Crippen molar-refractivity contribution in [3.8, 4) is 0 Å². The lowest BCUT2D eigenvalue weighted by atomic mass is 10.1. The second kappa shape index (κ2) is 6.11. The average Bonchev–Trinajstić information content (AvgIpc) is 2.18. The van der Waals surface area contributed by atoms with Gasteiger partial charge in [-0.1, -0.05) is 55.6 Å². The van der Waals surface area contributed by atoms with Gasteiger partial charge in [0.05, 0.1) is 6.10 Å². The van der Waals surface area contributed by atoms with E-state index in [1.54, 1.807) is 12.1 Å². The van der Waals surface area contributed by atoms with Gasteiger partial charge in [-0.15, -0.1) is 0 Å². The molecule has 1 aromatic rings. The molecule has 0 spiro atoms. The number of aliphatic hydroxyl groups excluding tert-OH is 1. The number of aliphatic hydroxyl groups is 1. The van der Waals surface area contributed by atoms with Gasteiger partial charge in [0.25, 0.3) is 0 Å². The van der Waals surface area contributed by atoms with Crippen LogP contribution in [0, 0.1) is 0 Å². The van der Waals surface area contributed by atoms with E-state index in [0.717, 1.165) is 10.9 Å². The molecule has 4 heteroatoms. The highest BCUT2D eigenvalue weighted by Crippen LogP contribution is 2.23. The molecule has 0 aliphatic heterocycles. The normalized spacial score (nSPS) is 15.1. The number of benzene rings is 1. The predicted molar refractivity (Wildman–Crippen MR) is 67.5 cm³/mol. The Labute approximate surface area is 106 Å². The molecule has 2 atom stereocenters. The lowest BCUT2D eigenvalue weighted by Gasteiger charge is -2.13. The fourth-order valence-electron chi connectivity index (χ4n) is 1.13. The van der Waals surface area contributed by atoms with Crippen LogP contribution in [0.4, 0.5) is 0 Å². The SMILES string of the molecule is OC(CC(Br)CBr)c1ccc(Cl)cc1. The highest BCUT2D eigenvalue weighted by Gasteiger charge is 2.12. The lowest BCUT2D eigenvalue weighted by Crippen LogP contribution is -2.07. The average molecular weight is 342 g/mol. The zero-order valence-corrected chi connectivity index (χ0v) is 11.4. The summed E-state index contributed by atoms with van der Waals surface area (Å²) in [4.78, 5) is 0.285. The van der Waals surface area contributed by atoms with E-state index in [1.807, 2.05) is 12.1 Å². The van der Waals surface area contributed by atoms with Gasteiger partial charge in [-0.2, -0.15) is 0 Å². The quantitative estimate of drug-likeness (QED) is 0.822. The van der Waals surface area contributed by atoms with Crippen molar-refractivity contribution < 1.29 is 5.11 Å². The molecule has 0 amide bonds. The lowest BCUT2D eigenvalue weighted by molar-refractivity contribution is 0.169. The highest BCUT2D eigenvalue weighted by atomic mass is 79.9. The van der Waals surface area contributed by atoms with Crippen LogP contribution in [0.5, 0.6) is 0 Å². The molecular weight excluding hydrogens is 331 g/mol. The van der Waals surface area contributed by atoms with Crippen molar-refractivity contribution in [1.29, 1.82) is 0 Å². The summed E-state index contributed by atoms with van der Waals surface area (Å²) in [6.07, 6.45) is 0.251. The van der Waals surface area contributed by atoms with E-state index in [-0.39, 0.29) is 4.83 Å². The zero-order valence-electron chi connectivity index (χ0n) is 7.46. The van der Waals surface area contributed by atoms with E-state index in [2.05, 4.69) is 31.9 Å². The molecule has 0 saturated carbocycles. The van der Waals surface area contributed by atoms with E-state index >= 15 is 0 Å². The van der Waals surface area contributed by atoms with Crippen LogP contribution >= 0.6 is 43.5 Å². The maximum Gasteiger partial charge on any atom is 0.0801 e. The minimum atomic E-state index is -0.436. The highest BCUT2D eigenvalue weighted by molar-refractivity contribution is 9.12. The monoisotopic (exact) mass is 340 g/mol. The second-order valence-electron chi connectivity index (χ2n) is 3.05. The van der Waals surface area contributed by atoms with Gasteiger partial charge in [-0.3, -0.25) is 0 Å². The summed E-state index contributed by atoms with van der Waals surface area (Å²) in [6, 6.07) is 7.27. The molecule has 0 radical (unpaired) electrons. The topological polar surface area (TPSA) is 20.2 Å². The molecule has 0 bridgehead atoms. The maximum absolute atomic E-state index is 9.82. The molecular formula is C10H11Br2ClO. The van der Waals surface area contributed by atoms with Gasteiger partial charge < -0.3 is 5.11 Å². The third-order valence-electron chi connectivity index (χ3n) is 1.90. The van der Waals surface area contributed by atoms with Crippen molar-refractivity contribution in [1.82, 2.24) is 0 Å². The number of hydrogen-bond acceptors (Lipinski definition) is 1. The first-order valence-corrected chi connectivity index (χ1v) is 6.68. The Morgan fingerprint density at radius 3 is 2.36 bits per heavy atom. The number of halogens is 3. The Morgan fingerprint density at radius 1 is 1.29 bits per heavy atom. The summed E-state index contributed by atoms with van der Waals surface area (Å²) < 4.78 is 0. The van der Waals surface area contributed by atoms with E-state index in [9.17, 15) is 5.11 Å². The van der Waals surface area contributed by atoms with Crippen molar-refractivity contribution in [3.05, 3.63) is 34.9 Å². The third kappa shape index (κ3) is 3.89. The van der Waals surface area contributed by atoms with Crippen molar-refractivity contribution >= 4 is 43.5 Å². The van der Waals surface area contributed by atoms with Crippen molar-refractivity contribution in [2.45, 2.75) is 17.4 Å². The van der Waals surface area contributed by atoms with E-state index in [1.165, 1.54) is 0 Å². The zero-order chi connectivity index (χ0) is 10.6. The van der Waals surface area contributed by atoms with Crippen molar-refractivity contribution in [2.24, 2.45) is 0 Å². The van der Waals surface area contributed by atoms with E-state index in [0.29, 0.717) is 11.4 Å². The van der Waals surface area contributed by atoms with Gasteiger partial charge in [0.2, 0.25) is 0 Å². The largest absolute Gasteiger partial charge is 0.388 e. The summed E-state index contributed by atoms with van der Waals surface area (Å²) in [5.74, 6) is 0. The molecule has 0 fully saturated rings. The number of rotatable bonds is 4. The van der Waals surface area contributed by atoms with Gasteiger partial charge in [0.15, 0.2) is 0 Å². The van der Waals surface area contributed by atoms with E-state index in [4.69, 9.17) is 11.6 Å². The Bertz CT molecular complexity index is 276. The molecule has 0 saturated heterocycles. The Kier molecular flexibility index (Phi) is 5.45. The first kappa shape index (κ1) is 12.5. The van der Waals surface area contributed by atoms with Gasteiger partial charge in [-0.25, -0.2) is 0 Å². The summed E-state index contributed by atoms with van der Waals surface area (Å²) in [7, 11) is 0. The van der Waals surface area contributed by atoms with Gasteiger partial charge in [0.1, 0.15) is 0 Å². The first-order chi connectivity index (χ1) is 6.63. The molecule has 1 N–H and O–H groups in total. The van der Waals surface area contributed by atoms with Crippen LogP contribution in [0.3, 0.4) is 0 Å². The fraction of sp³-hybridized carbons (Fsp3) is 0.400. The first-order valence-electron chi connectivity index (χ1n) is 4.27. The van der Waals surface area contributed by atoms with Gasteiger partial charge in [0, 0.05) is 15.2 Å². The predicted octanol–water partition coefficient (Wildman–Crippen LogP) is 3.92. The maximum atomic E-state index is 9.82. The van der Waals surface area contributed by atoms with Crippen LogP contribution in [-0.2, 0) is 0 Å². The molecule has 0 aliphatic rings. The standard InChI is InChI=1S/C10H11Br2ClO/c11-6-8(12)5-10(14)7-1-3-9(13)4-2-7/h1-4,8,10,14H,5-6H2. The minimum Gasteiger partial charge on any atom is -0.388 e. The number of alkyl halides is 2. The molecule has 14 heavy (non-hydrogen) atoms. The van der Waals surface area contributed by atoms with E-state index < -0.39 is 6.10 Å². The molecule has 78 valence electrons. The van der Waals surface area contributed by atoms with Crippen LogP contribution < -0.4 is 0 Å². The van der Waals surface area contributed by atoms with Crippen LogP contribution in [0.15, 0.2) is 24.3 Å². The molecule has 0 heterocycles.